The first kappa shape index (κ1) is 20.1. The van der Waals surface area contributed by atoms with Crippen LogP contribution in [0, 0.1) is 17.8 Å². The number of imide groups is 1. The van der Waals surface area contributed by atoms with Crippen molar-refractivity contribution in [2.45, 2.75) is 53.2 Å². The van der Waals surface area contributed by atoms with Crippen LogP contribution in [0.25, 0.3) is 0 Å². The monoisotopic (exact) mass is 341 g/mol. The van der Waals surface area contributed by atoms with Crippen LogP contribution < -0.4 is 10.7 Å². The van der Waals surface area contributed by atoms with E-state index in [-0.39, 0.29) is 5.92 Å². The fraction of sp³-hybridized carbons (Fsp3) is 0.750. The molecule has 8 heteroatoms. The van der Waals surface area contributed by atoms with Gasteiger partial charge in [0.1, 0.15) is 11.5 Å². The molecule has 1 aliphatic heterocycles. The zero-order chi connectivity index (χ0) is 18.8. The summed E-state index contributed by atoms with van der Waals surface area (Å²) in [7, 11) is 1.44. The van der Waals surface area contributed by atoms with E-state index in [1.54, 1.807) is 34.6 Å². The van der Waals surface area contributed by atoms with E-state index in [2.05, 4.69) is 10.7 Å². The molecule has 24 heavy (non-hydrogen) atoms. The number of ether oxygens (including phenoxy) is 1. The maximum atomic E-state index is 12.8. The lowest BCUT2D eigenvalue weighted by Crippen LogP contribution is -2.50. The molecule has 0 radical (unpaired) electrons. The summed E-state index contributed by atoms with van der Waals surface area (Å²) >= 11 is 0. The average molecular weight is 341 g/mol. The van der Waals surface area contributed by atoms with Crippen LogP contribution in [0.15, 0.2) is 0 Å². The van der Waals surface area contributed by atoms with Gasteiger partial charge in [-0.15, -0.1) is 0 Å². The highest BCUT2D eigenvalue weighted by atomic mass is 16.6. The standard InChI is InChI=1S/C16H27N3O5/c1-8(2)11(18-15(23)24-16(4,5)6)12(20)10-9(3)13(21)19(17-7)14(10)22/h8-11,17H,1-7H3,(H,18,23)/t9-,10+,11-/m0/s1. The summed E-state index contributed by atoms with van der Waals surface area (Å²) in [5.74, 6) is -3.70. The first-order valence-corrected chi connectivity index (χ1v) is 7.99. The second-order valence-corrected chi connectivity index (χ2v) is 7.27. The van der Waals surface area contributed by atoms with Crippen LogP contribution in [0.2, 0.25) is 0 Å². The SMILES string of the molecule is CNN1C(=O)[C@@H](C(=O)[C@@H](NC(=O)OC(C)(C)C)C(C)C)[C@H](C)C1=O. The largest absolute Gasteiger partial charge is 0.444 e. The highest BCUT2D eigenvalue weighted by Crippen LogP contribution is 2.27. The van der Waals surface area contributed by atoms with E-state index < -0.39 is 47.2 Å². The topological polar surface area (TPSA) is 105 Å². The van der Waals surface area contributed by atoms with Gasteiger partial charge in [0.15, 0.2) is 5.78 Å². The third-order valence-corrected chi connectivity index (χ3v) is 3.77. The molecule has 0 aromatic heterocycles. The van der Waals surface area contributed by atoms with Gasteiger partial charge in [0, 0.05) is 7.05 Å². The van der Waals surface area contributed by atoms with Crippen LogP contribution in [-0.2, 0) is 19.1 Å². The first-order valence-electron chi connectivity index (χ1n) is 7.99. The summed E-state index contributed by atoms with van der Waals surface area (Å²) in [6.45, 7) is 10.2. The predicted molar refractivity (Wildman–Crippen MR) is 86.6 cm³/mol. The molecule has 1 heterocycles. The quantitative estimate of drug-likeness (QED) is 0.568. The molecular weight excluding hydrogens is 314 g/mol. The molecule has 1 fully saturated rings. The first-order chi connectivity index (χ1) is 10.9. The van der Waals surface area contributed by atoms with Gasteiger partial charge < -0.3 is 10.1 Å². The number of hydrogen-bond acceptors (Lipinski definition) is 6. The fourth-order valence-electron chi connectivity index (χ4n) is 2.59. The van der Waals surface area contributed by atoms with Gasteiger partial charge >= 0.3 is 6.09 Å². The minimum absolute atomic E-state index is 0.260. The molecule has 0 aromatic carbocycles. The lowest BCUT2D eigenvalue weighted by molar-refractivity contribution is -0.144. The molecule has 0 aromatic rings. The zero-order valence-electron chi connectivity index (χ0n) is 15.3. The number of Topliss-reactive ketones (excluding diaryl/α,β-unsaturated/α-hetero) is 1. The molecule has 8 nitrogen and oxygen atoms in total. The van der Waals surface area contributed by atoms with Gasteiger partial charge in [-0.3, -0.25) is 14.4 Å². The summed E-state index contributed by atoms with van der Waals surface area (Å²) in [6.07, 6.45) is -0.732. The van der Waals surface area contributed by atoms with Gasteiger partial charge in [-0.1, -0.05) is 20.8 Å². The van der Waals surface area contributed by atoms with Gasteiger partial charge in [-0.2, -0.15) is 0 Å². The van der Waals surface area contributed by atoms with Crippen LogP contribution in [-0.4, -0.2) is 47.4 Å². The molecular formula is C16H27N3O5. The number of carbonyl (C=O) groups excluding carboxylic acids is 4. The average Bonchev–Trinajstić information content (AvgIpc) is 2.63. The van der Waals surface area contributed by atoms with E-state index in [1.807, 2.05) is 0 Å². The van der Waals surface area contributed by atoms with Crippen LogP contribution in [0.1, 0.15) is 41.5 Å². The molecule has 0 unspecified atom stereocenters. The molecule has 3 amide bonds. The maximum absolute atomic E-state index is 12.8. The van der Waals surface area contributed by atoms with Crippen LogP contribution in [0.5, 0.6) is 0 Å². The Hall–Kier alpha value is -1.96. The van der Waals surface area contributed by atoms with Crippen molar-refractivity contribution in [3.63, 3.8) is 0 Å². The smallest absolute Gasteiger partial charge is 0.408 e. The molecule has 136 valence electrons. The van der Waals surface area contributed by atoms with E-state index in [0.717, 1.165) is 5.01 Å². The van der Waals surface area contributed by atoms with E-state index >= 15 is 0 Å². The Morgan fingerprint density at radius 2 is 1.71 bits per heavy atom. The van der Waals surface area contributed by atoms with Crippen LogP contribution in [0.4, 0.5) is 4.79 Å². The zero-order valence-corrected chi connectivity index (χ0v) is 15.3. The minimum atomic E-state index is -1.12. The number of hydrazine groups is 1. The Morgan fingerprint density at radius 1 is 1.17 bits per heavy atom. The van der Waals surface area contributed by atoms with Gasteiger partial charge in [0.25, 0.3) is 5.91 Å². The molecule has 2 N–H and O–H groups in total. The third kappa shape index (κ3) is 4.31. The predicted octanol–water partition coefficient (Wildman–Crippen LogP) is 0.860. The number of ketones is 1. The lowest BCUT2D eigenvalue weighted by atomic mass is 9.85. The number of rotatable bonds is 5. The van der Waals surface area contributed by atoms with Gasteiger partial charge in [0.05, 0.1) is 12.0 Å². The van der Waals surface area contributed by atoms with Crippen molar-refractivity contribution in [1.29, 1.82) is 0 Å². The number of amides is 3. The van der Waals surface area contributed by atoms with E-state index in [0.29, 0.717) is 0 Å². The molecule has 0 bridgehead atoms. The molecule has 1 aliphatic rings. The number of carbonyl (C=O) groups is 4. The van der Waals surface area contributed by atoms with Crippen LogP contribution in [0.3, 0.4) is 0 Å². The van der Waals surface area contributed by atoms with Gasteiger partial charge in [-0.05, 0) is 26.7 Å². The molecule has 1 rings (SSSR count). The van der Waals surface area contributed by atoms with Crippen molar-refractivity contribution in [1.82, 2.24) is 15.8 Å². The molecule has 3 atom stereocenters. The highest BCUT2D eigenvalue weighted by Gasteiger charge is 2.50. The normalized spacial score (nSPS) is 22.8. The van der Waals surface area contributed by atoms with E-state index in [9.17, 15) is 19.2 Å². The highest BCUT2D eigenvalue weighted by molar-refractivity contribution is 6.16. The maximum Gasteiger partial charge on any atom is 0.408 e. The van der Waals surface area contributed by atoms with Crippen molar-refractivity contribution in [2.75, 3.05) is 7.05 Å². The molecule has 0 spiro atoms. The Balaban J connectivity index is 2.97. The summed E-state index contributed by atoms with van der Waals surface area (Å²) in [6, 6.07) is -0.916. The summed E-state index contributed by atoms with van der Waals surface area (Å²) in [4.78, 5) is 49.2. The lowest BCUT2D eigenvalue weighted by Gasteiger charge is -2.26. The number of nitrogens with one attached hydrogen (secondary N) is 2. The third-order valence-electron chi connectivity index (χ3n) is 3.77. The van der Waals surface area contributed by atoms with Crippen molar-refractivity contribution in [2.24, 2.45) is 17.8 Å². The molecule has 0 aliphatic carbocycles. The van der Waals surface area contributed by atoms with E-state index in [4.69, 9.17) is 4.74 Å². The van der Waals surface area contributed by atoms with Crippen molar-refractivity contribution >= 4 is 23.7 Å². The van der Waals surface area contributed by atoms with Gasteiger partial charge in [-0.25, -0.2) is 15.2 Å². The molecule has 0 saturated carbocycles. The van der Waals surface area contributed by atoms with E-state index in [1.165, 1.54) is 14.0 Å². The summed E-state index contributed by atoms with van der Waals surface area (Å²) < 4.78 is 5.17. The Kier molecular flexibility index (Phi) is 6.10. The number of hydrogen-bond donors (Lipinski definition) is 2. The summed E-state index contributed by atoms with van der Waals surface area (Å²) in [5.41, 5.74) is 1.78. The van der Waals surface area contributed by atoms with Crippen molar-refractivity contribution in [3.8, 4) is 0 Å². The second kappa shape index (κ2) is 7.29. The number of nitrogens with zero attached hydrogens (tertiary/aromatic N) is 1. The van der Waals surface area contributed by atoms with Gasteiger partial charge in [0.2, 0.25) is 5.91 Å². The Labute approximate surface area is 142 Å². The Bertz CT molecular complexity index is 538. The van der Waals surface area contributed by atoms with Crippen LogP contribution >= 0.6 is 0 Å². The minimum Gasteiger partial charge on any atom is -0.444 e. The second-order valence-electron chi connectivity index (χ2n) is 7.27. The van der Waals surface area contributed by atoms with Crippen molar-refractivity contribution in [3.05, 3.63) is 0 Å². The van der Waals surface area contributed by atoms with Crippen molar-refractivity contribution < 1.29 is 23.9 Å². The Morgan fingerprint density at radius 3 is 2.08 bits per heavy atom. The molecule has 1 saturated heterocycles. The fourth-order valence-corrected chi connectivity index (χ4v) is 2.59. The summed E-state index contributed by atoms with van der Waals surface area (Å²) in [5, 5.41) is 3.37. The number of alkyl carbamates (subject to hydrolysis) is 1.